The highest BCUT2D eigenvalue weighted by molar-refractivity contribution is 6.66. The molecule has 2 N–H and O–H groups in total. The van der Waals surface area contributed by atoms with Gasteiger partial charge in [0.2, 0.25) is 0 Å². The van der Waals surface area contributed by atoms with Gasteiger partial charge in [0, 0.05) is 13.0 Å². The van der Waals surface area contributed by atoms with Crippen LogP contribution in [-0.2, 0) is 4.79 Å². The van der Waals surface area contributed by atoms with E-state index in [1.54, 1.807) is 6.92 Å². The molecule has 124 valence electrons. The van der Waals surface area contributed by atoms with Gasteiger partial charge in [-0.3, -0.25) is 25.3 Å². The lowest BCUT2D eigenvalue weighted by Gasteiger charge is -2.14. The Morgan fingerprint density at radius 2 is 1.91 bits per heavy atom. The van der Waals surface area contributed by atoms with E-state index in [0.29, 0.717) is 5.71 Å². The molecule has 23 heavy (non-hydrogen) atoms. The maximum Gasteiger partial charge on any atom is 0.273 e. The SMILES string of the molecule is CC(=O)/C(=N\Nc1ccc([N+](=O)[O-])cc1O)C(C)=NC(C)(C)C. The lowest BCUT2D eigenvalue weighted by Crippen LogP contribution is -2.24. The summed E-state index contributed by atoms with van der Waals surface area (Å²) in [6, 6.07) is 3.54. The van der Waals surface area contributed by atoms with Gasteiger partial charge in [0.25, 0.3) is 5.69 Å². The number of nitrogens with zero attached hydrogens (tertiary/aromatic N) is 3. The second-order valence-corrected chi connectivity index (χ2v) is 5.95. The number of hydrazone groups is 1. The van der Waals surface area contributed by atoms with Crippen LogP contribution < -0.4 is 5.43 Å². The lowest BCUT2D eigenvalue weighted by molar-refractivity contribution is -0.384. The molecule has 0 aliphatic carbocycles. The number of hydrogen-bond acceptors (Lipinski definition) is 7. The van der Waals surface area contributed by atoms with Gasteiger partial charge in [-0.1, -0.05) is 0 Å². The molecule has 0 spiro atoms. The summed E-state index contributed by atoms with van der Waals surface area (Å²) in [7, 11) is 0. The maximum absolute atomic E-state index is 11.7. The van der Waals surface area contributed by atoms with E-state index in [2.05, 4.69) is 15.5 Å². The summed E-state index contributed by atoms with van der Waals surface area (Å²) < 4.78 is 0. The molecular formula is C15H20N4O4. The van der Waals surface area contributed by atoms with E-state index in [0.717, 1.165) is 6.07 Å². The summed E-state index contributed by atoms with van der Waals surface area (Å²) in [6.07, 6.45) is 0. The predicted molar refractivity (Wildman–Crippen MR) is 89.4 cm³/mol. The fraction of sp³-hybridized carbons (Fsp3) is 0.400. The van der Waals surface area contributed by atoms with Crippen molar-refractivity contribution >= 4 is 28.6 Å². The summed E-state index contributed by atoms with van der Waals surface area (Å²) >= 11 is 0. The largest absolute Gasteiger partial charge is 0.505 e. The van der Waals surface area contributed by atoms with Crippen molar-refractivity contribution in [1.82, 2.24) is 0 Å². The second-order valence-electron chi connectivity index (χ2n) is 5.95. The monoisotopic (exact) mass is 320 g/mol. The summed E-state index contributed by atoms with van der Waals surface area (Å²) in [5.41, 5.74) is 2.67. The third-order valence-corrected chi connectivity index (χ3v) is 2.66. The van der Waals surface area contributed by atoms with Gasteiger partial charge in [-0.25, -0.2) is 0 Å². The van der Waals surface area contributed by atoms with Gasteiger partial charge in [0.05, 0.1) is 27.9 Å². The fourth-order valence-corrected chi connectivity index (χ4v) is 1.81. The molecule has 0 radical (unpaired) electrons. The number of Topliss-reactive ketones (excluding diaryl/α,β-unsaturated/α-hetero) is 1. The van der Waals surface area contributed by atoms with Crippen LogP contribution >= 0.6 is 0 Å². The number of nitro benzene ring substituents is 1. The van der Waals surface area contributed by atoms with Gasteiger partial charge < -0.3 is 5.11 Å². The van der Waals surface area contributed by atoms with Crippen LogP contribution in [0.5, 0.6) is 5.75 Å². The number of rotatable bonds is 5. The number of aromatic hydroxyl groups is 1. The zero-order chi connectivity index (χ0) is 17.8. The van der Waals surface area contributed by atoms with Crippen molar-refractivity contribution in [3.05, 3.63) is 28.3 Å². The molecule has 8 nitrogen and oxygen atoms in total. The third kappa shape index (κ3) is 5.50. The molecule has 0 fully saturated rings. The number of benzene rings is 1. The van der Waals surface area contributed by atoms with Crippen molar-refractivity contribution in [2.45, 2.75) is 40.2 Å². The van der Waals surface area contributed by atoms with Crippen molar-refractivity contribution in [2.24, 2.45) is 10.1 Å². The Morgan fingerprint density at radius 3 is 2.35 bits per heavy atom. The van der Waals surface area contributed by atoms with Gasteiger partial charge >= 0.3 is 0 Å². The molecule has 0 aliphatic rings. The highest BCUT2D eigenvalue weighted by Crippen LogP contribution is 2.27. The molecule has 1 aromatic carbocycles. The number of phenols is 1. The number of nitrogens with one attached hydrogen (secondary N) is 1. The van der Waals surface area contributed by atoms with Crippen LogP contribution in [0.25, 0.3) is 0 Å². The van der Waals surface area contributed by atoms with Gasteiger partial charge in [-0.05, 0) is 33.8 Å². The zero-order valence-corrected chi connectivity index (χ0v) is 13.7. The van der Waals surface area contributed by atoms with Gasteiger partial charge in [-0.2, -0.15) is 5.10 Å². The number of hydrogen-bond donors (Lipinski definition) is 2. The number of phenolic OH excluding ortho intramolecular Hbond substituents is 1. The summed E-state index contributed by atoms with van der Waals surface area (Å²) in [6.45, 7) is 8.71. The van der Waals surface area contributed by atoms with Gasteiger partial charge in [0.15, 0.2) is 5.78 Å². The van der Waals surface area contributed by atoms with Crippen molar-refractivity contribution in [3.8, 4) is 5.75 Å². The number of anilines is 1. The van der Waals surface area contributed by atoms with Crippen LogP contribution in [0, 0.1) is 10.1 Å². The highest BCUT2D eigenvalue weighted by Gasteiger charge is 2.15. The molecule has 0 saturated carbocycles. The highest BCUT2D eigenvalue weighted by atomic mass is 16.6. The molecule has 0 aromatic heterocycles. The first-order valence-corrected chi connectivity index (χ1v) is 6.90. The smallest absolute Gasteiger partial charge is 0.273 e. The Kier molecular flexibility index (Phi) is 5.56. The van der Waals surface area contributed by atoms with Crippen molar-refractivity contribution in [3.63, 3.8) is 0 Å². The minimum absolute atomic E-state index is 0.123. The predicted octanol–water partition coefficient (Wildman–Crippen LogP) is 2.92. The van der Waals surface area contributed by atoms with E-state index in [9.17, 15) is 20.0 Å². The van der Waals surface area contributed by atoms with Crippen molar-refractivity contribution < 1.29 is 14.8 Å². The van der Waals surface area contributed by atoms with E-state index in [1.807, 2.05) is 20.8 Å². The standard InChI is InChI=1S/C15H20N4O4/c1-9(16-15(3,4)5)14(10(2)20)18-17-12-7-6-11(19(22)23)8-13(12)21/h6-8,17,21H,1-5H3/b16-9?,18-14-. The Morgan fingerprint density at radius 1 is 1.30 bits per heavy atom. The van der Waals surface area contributed by atoms with Gasteiger partial charge in [0.1, 0.15) is 11.5 Å². The number of carbonyl (C=O) groups is 1. The Bertz CT molecular complexity index is 687. The first-order chi connectivity index (χ1) is 10.5. The maximum atomic E-state index is 11.7. The molecule has 0 amide bonds. The van der Waals surface area contributed by atoms with Crippen molar-refractivity contribution in [1.29, 1.82) is 0 Å². The zero-order valence-electron chi connectivity index (χ0n) is 13.7. The second kappa shape index (κ2) is 6.99. The molecule has 0 bridgehead atoms. The number of non-ortho nitro benzene ring substituents is 1. The van der Waals surface area contributed by atoms with E-state index >= 15 is 0 Å². The molecule has 0 atom stereocenters. The van der Waals surface area contributed by atoms with E-state index in [1.165, 1.54) is 19.1 Å². The summed E-state index contributed by atoms with van der Waals surface area (Å²) in [5, 5.41) is 24.4. The summed E-state index contributed by atoms with van der Waals surface area (Å²) in [5.74, 6) is -0.624. The minimum Gasteiger partial charge on any atom is -0.505 e. The Balaban J connectivity index is 3.11. The van der Waals surface area contributed by atoms with Crippen LogP contribution in [0.3, 0.4) is 0 Å². The first kappa shape index (κ1) is 18.3. The van der Waals surface area contributed by atoms with Crippen LogP contribution in [-0.4, -0.2) is 32.8 Å². The van der Waals surface area contributed by atoms with Crippen LogP contribution in [0.4, 0.5) is 11.4 Å². The molecule has 0 heterocycles. The average Bonchev–Trinajstić information content (AvgIpc) is 2.37. The average molecular weight is 320 g/mol. The Labute approximate surface area is 134 Å². The van der Waals surface area contributed by atoms with Crippen LogP contribution in [0.2, 0.25) is 0 Å². The number of ketones is 1. The minimum atomic E-state index is -0.617. The number of nitro groups is 1. The topological polar surface area (TPSA) is 117 Å². The molecule has 0 aliphatic heterocycles. The summed E-state index contributed by atoms with van der Waals surface area (Å²) in [4.78, 5) is 26.1. The lowest BCUT2D eigenvalue weighted by atomic mass is 10.1. The molecule has 0 unspecified atom stereocenters. The number of aliphatic imine (C=N–C) groups is 1. The molecule has 8 heteroatoms. The molecule has 0 saturated heterocycles. The quantitative estimate of drug-likeness (QED) is 0.374. The van der Waals surface area contributed by atoms with E-state index < -0.39 is 4.92 Å². The number of carbonyl (C=O) groups excluding carboxylic acids is 1. The van der Waals surface area contributed by atoms with E-state index in [4.69, 9.17) is 0 Å². The van der Waals surface area contributed by atoms with Crippen molar-refractivity contribution in [2.75, 3.05) is 5.43 Å². The van der Waals surface area contributed by atoms with Gasteiger partial charge in [-0.15, -0.1) is 0 Å². The third-order valence-electron chi connectivity index (χ3n) is 2.66. The Hall–Kier alpha value is -2.77. The van der Waals surface area contributed by atoms with Crippen LogP contribution in [0.15, 0.2) is 28.3 Å². The fourth-order valence-electron chi connectivity index (χ4n) is 1.81. The van der Waals surface area contributed by atoms with E-state index in [-0.39, 0.29) is 34.2 Å². The molecule has 1 aromatic rings. The molecular weight excluding hydrogens is 300 g/mol. The van der Waals surface area contributed by atoms with Crippen LogP contribution in [0.1, 0.15) is 34.6 Å². The normalized spacial score (nSPS) is 12.9. The molecule has 1 rings (SSSR count). The first-order valence-electron chi connectivity index (χ1n) is 6.90.